The van der Waals surface area contributed by atoms with Crippen LogP contribution in [-0.2, 0) is 10.2 Å². The normalized spacial score (nSPS) is 44.1. The number of hydrogen-bond acceptors (Lipinski definition) is 1. The zero-order valence-corrected chi connectivity index (χ0v) is 16.2. The molecular formula is C24H31NO. The molecule has 0 N–H and O–H groups in total. The maximum atomic E-state index is 13.3. The molecule has 138 valence electrons. The lowest BCUT2D eigenvalue weighted by Crippen LogP contribution is -2.76. The maximum absolute atomic E-state index is 13.3. The molecule has 7 rings (SSSR count). The Kier molecular flexibility index (Phi) is 2.99. The molecule has 0 radical (unpaired) electrons. The van der Waals surface area contributed by atoms with Gasteiger partial charge < -0.3 is 4.90 Å². The first-order chi connectivity index (χ1) is 12.5. The summed E-state index contributed by atoms with van der Waals surface area (Å²) >= 11 is 0. The van der Waals surface area contributed by atoms with Crippen LogP contribution in [0.1, 0.15) is 64.4 Å². The number of carbonyl (C=O) groups is 1. The average Bonchev–Trinajstić information content (AvgIpc) is 3.41. The highest BCUT2D eigenvalue weighted by Crippen LogP contribution is 2.65. The molecule has 1 amide bonds. The molecule has 6 fully saturated rings. The topological polar surface area (TPSA) is 20.3 Å². The van der Waals surface area contributed by atoms with Crippen molar-refractivity contribution in [1.82, 2.24) is 4.90 Å². The van der Waals surface area contributed by atoms with Crippen molar-refractivity contribution in [1.29, 1.82) is 0 Å². The van der Waals surface area contributed by atoms with Crippen LogP contribution in [0.5, 0.6) is 0 Å². The monoisotopic (exact) mass is 349 g/mol. The highest BCUT2D eigenvalue weighted by atomic mass is 16.2. The van der Waals surface area contributed by atoms with Gasteiger partial charge in [0.05, 0.1) is 11.5 Å². The van der Waals surface area contributed by atoms with Crippen LogP contribution >= 0.6 is 0 Å². The van der Waals surface area contributed by atoms with E-state index >= 15 is 0 Å². The summed E-state index contributed by atoms with van der Waals surface area (Å²) < 4.78 is 0. The molecule has 4 bridgehead atoms. The Labute approximate surface area is 157 Å². The fourth-order valence-corrected chi connectivity index (χ4v) is 8.09. The second-order valence-corrected chi connectivity index (χ2v) is 10.8. The van der Waals surface area contributed by atoms with Crippen molar-refractivity contribution >= 4 is 5.91 Å². The van der Waals surface area contributed by atoms with Crippen LogP contribution in [0.4, 0.5) is 0 Å². The number of benzene rings is 1. The second-order valence-electron chi connectivity index (χ2n) is 10.8. The molecule has 2 nitrogen and oxygen atoms in total. The van der Waals surface area contributed by atoms with E-state index in [4.69, 9.17) is 0 Å². The highest BCUT2D eigenvalue weighted by molar-refractivity contribution is 5.91. The van der Waals surface area contributed by atoms with Gasteiger partial charge in [-0.1, -0.05) is 30.3 Å². The smallest absolute Gasteiger partial charge is 0.230 e. The van der Waals surface area contributed by atoms with Gasteiger partial charge in [-0.3, -0.25) is 4.79 Å². The van der Waals surface area contributed by atoms with Crippen LogP contribution in [0.25, 0.3) is 0 Å². The maximum Gasteiger partial charge on any atom is 0.230 e. The molecule has 5 aliphatic carbocycles. The molecule has 0 aromatic heterocycles. The zero-order chi connectivity index (χ0) is 17.7. The van der Waals surface area contributed by atoms with Gasteiger partial charge >= 0.3 is 0 Å². The summed E-state index contributed by atoms with van der Waals surface area (Å²) in [5.41, 5.74) is 1.51. The number of amides is 1. The average molecular weight is 350 g/mol. The first-order valence-corrected chi connectivity index (χ1v) is 10.9. The summed E-state index contributed by atoms with van der Waals surface area (Å²) in [5, 5.41) is 0. The number of nitrogens with zero attached hydrogens (tertiary/aromatic N) is 1. The van der Waals surface area contributed by atoms with E-state index in [0.717, 1.165) is 23.7 Å². The summed E-state index contributed by atoms with van der Waals surface area (Å²) in [6.45, 7) is 4.44. The molecule has 1 saturated heterocycles. The Balaban J connectivity index is 1.38. The van der Waals surface area contributed by atoms with Gasteiger partial charge in [0, 0.05) is 11.5 Å². The fraction of sp³-hybridized carbons (Fsp3) is 0.708. The van der Waals surface area contributed by atoms with Crippen molar-refractivity contribution in [2.75, 3.05) is 0 Å². The Hall–Kier alpha value is -1.31. The standard InChI is InChI=1S/C24H31NO/c1-23(2)21(24(8-9-24)19-6-4-3-5-7-19)25(22(23)26)20-17-11-15-10-16(13-17)14-18(20)12-15/h3-7,15-18,20-21H,8-14H2,1-2H3. The van der Waals surface area contributed by atoms with Crippen molar-refractivity contribution < 1.29 is 4.79 Å². The third kappa shape index (κ3) is 1.86. The van der Waals surface area contributed by atoms with E-state index in [1.54, 1.807) is 0 Å². The number of hydrogen-bond donors (Lipinski definition) is 0. The lowest BCUT2D eigenvalue weighted by molar-refractivity contribution is -0.195. The summed E-state index contributed by atoms with van der Waals surface area (Å²) in [6, 6.07) is 12.0. The molecule has 1 aliphatic heterocycles. The molecule has 1 aromatic rings. The highest BCUT2D eigenvalue weighted by Gasteiger charge is 2.70. The molecule has 1 atom stereocenters. The quantitative estimate of drug-likeness (QED) is 0.719. The number of likely N-dealkylation sites (tertiary alicyclic amines) is 1. The minimum Gasteiger partial charge on any atom is -0.334 e. The van der Waals surface area contributed by atoms with Crippen molar-refractivity contribution in [2.24, 2.45) is 29.1 Å². The van der Waals surface area contributed by atoms with Crippen molar-refractivity contribution in [3.63, 3.8) is 0 Å². The van der Waals surface area contributed by atoms with Crippen molar-refractivity contribution in [3.8, 4) is 0 Å². The van der Waals surface area contributed by atoms with Gasteiger partial charge in [0.2, 0.25) is 5.91 Å². The molecule has 0 spiro atoms. The zero-order valence-electron chi connectivity index (χ0n) is 16.2. The van der Waals surface area contributed by atoms with Crippen LogP contribution < -0.4 is 0 Å². The van der Waals surface area contributed by atoms with E-state index in [9.17, 15) is 4.79 Å². The van der Waals surface area contributed by atoms with Crippen LogP contribution in [0.3, 0.4) is 0 Å². The largest absolute Gasteiger partial charge is 0.334 e. The van der Waals surface area contributed by atoms with E-state index in [2.05, 4.69) is 49.1 Å². The van der Waals surface area contributed by atoms with Gasteiger partial charge in [0.25, 0.3) is 0 Å². The Morgan fingerprint density at radius 2 is 1.46 bits per heavy atom. The van der Waals surface area contributed by atoms with Gasteiger partial charge in [-0.15, -0.1) is 0 Å². The Morgan fingerprint density at radius 3 is 2.00 bits per heavy atom. The summed E-state index contributed by atoms with van der Waals surface area (Å²) in [6.07, 6.45) is 9.57. The summed E-state index contributed by atoms with van der Waals surface area (Å²) in [5.74, 6) is 3.98. The first-order valence-electron chi connectivity index (χ1n) is 10.9. The SMILES string of the molecule is CC1(C)C(=O)N(C2C3CC4CC(C3)CC2C4)C1C1(c2ccccc2)CC1. The van der Waals surface area contributed by atoms with E-state index < -0.39 is 0 Å². The molecular weight excluding hydrogens is 318 g/mol. The van der Waals surface area contributed by atoms with Gasteiger partial charge in [0.15, 0.2) is 0 Å². The molecule has 2 heteroatoms. The number of carbonyl (C=O) groups excluding carboxylic acids is 1. The second kappa shape index (κ2) is 4.94. The van der Waals surface area contributed by atoms with E-state index in [1.807, 2.05) is 0 Å². The molecule has 1 aromatic carbocycles. The minimum atomic E-state index is -0.193. The summed E-state index contributed by atoms with van der Waals surface area (Å²) in [7, 11) is 0. The van der Waals surface area contributed by atoms with Gasteiger partial charge in [-0.05, 0) is 88.0 Å². The van der Waals surface area contributed by atoms with E-state index in [0.29, 0.717) is 18.0 Å². The third-order valence-electron chi connectivity index (χ3n) is 8.91. The van der Waals surface area contributed by atoms with Gasteiger partial charge in [-0.2, -0.15) is 0 Å². The molecule has 1 heterocycles. The fourth-order valence-electron chi connectivity index (χ4n) is 8.09. The van der Waals surface area contributed by atoms with Crippen LogP contribution in [0.2, 0.25) is 0 Å². The van der Waals surface area contributed by atoms with E-state index in [1.165, 1.54) is 50.5 Å². The molecule has 26 heavy (non-hydrogen) atoms. The van der Waals surface area contributed by atoms with Crippen LogP contribution in [0.15, 0.2) is 30.3 Å². The Morgan fingerprint density at radius 1 is 0.885 bits per heavy atom. The van der Waals surface area contributed by atoms with Gasteiger partial charge in [-0.25, -0.2) is 0 Å². The molecule has 5 saturated carbocycles. The van der Waals surface area contributed by atoms with E-state index in [-0.39, 0.29) is 10.8 Å². The number of β-lactam (4-membered cyclic amide) rings is 1. The Bertz CT molecular complexity index is 719. The number of rotatable bonds is 3. The predicted molar refractivity (Wildman–Crippen MR) is 103 cm³/mol. The van der Waals surface area contributed by atoms with Gasteiger partial charge in [0.1, 0.15) is 0 Å². The molecule has 1 unspecified atom stereocenters. The predicted octanol–water partition coefficient (Wildman–Crippen LogP) is 4.78. The van der Waals surface area contributed by atoms with Crippen molar-refractivity contribution in [3.05, 3.63) is 35.9 Å². The van der Waals surface area contributed by atoms with Crippen LogP contribution in [0, 0.1) is 29.1 Å². The molecule has 6 aliphatic rings. The first kappa shape index (κ1) is 15.7. The third-order valence-corrected chi connectivity index (χ3v) is 8.91. The van der Waals surface area contributed by atoms with Crippen molar-refractivity contribution in [2.45, 2.75) is 76.3 Å². The lowest BCUT2D eigenvalue weighted by atomic mass is 9.52. The summed E-state index contributed by atoms with van der Waals surface area (Å²) in [4.78, 5) is 15.8. The minimum absolute atomic E-state index is 0.193. The lowest BCUT2D eigenvalue weighted by Gasteiger charge is -2.66. The van der Waals surface area contributed by atoms with Crippen LogP contribution in [-0.4, -0.2) is 22.9 Å².